The molecule has 1 aromatic carbocycles. The Bertz CT molecular complexity index is 628. The second-order valence-electron chi connectivity index (χ2n) is 4.91. The van der Waals surface area contributed by atoms with Gasteiger partial charge < -0.3 is 0 Å². The van der Waals surface area contributed by atoms with Gasteiger partial charge in [-0.1, -0.05) is 32.0 Å². The molecule has 98 valence electrons. The summed E-state index contributed by atoms with van der Waals surface area (Å²) in [5, 5.41) is 12.0. The lowest BCUT2D eigenvalue weighted by molar-refractivity contribution is -0.427. The fourth-order valence-corrected chi connectivity index (χ4v) is 2.03. The van der Waals surface area contributed by atoms with Crippen molar-refractivity contribution >= 4 is 17.0 Å². The second-order valence-corrected chi connectivity index (χ2v) is 4.91. The largest absolute Gasteiger partial charge is 0.259 e. The van der Waals surface area contributed by atoms with Crippen molar-refractivity contribution in [2.24, 2.45) is 5.92 Å². The first kappa shape index (κ1) is 13.2. The van der Waals surface area contributed by atoms with Crippen molar-refractivity contribution in [3.8, 4) is 0 Å². The van der Waals surface area contributed by atoms with Gasteiger partial charge in [0, 0.05) is 24.1 Å². The van der Waals surface area contributed by atoms with Gasteiger partial charge in [0.2, 0.25) is 5.70 Å². The monoisotopic (exact) mass is 256 g/mol. The molecule has 2 rings (SSSR count). The molecule has 0 bridgehead atoms. The van der Waals surface area contributed by atoms with Gasteiger partial charge in [0.15, 0.2) is 0 Å². The number of allylic oxidation sites excluding steroid dienone is 1. The van der Waals surface area contributed by atoms with Gasteiger partial charge in [-0.15, -0.1) is 0 Å². The Morgan fingerprint density at radius 3 is 2.79 bits per heavy atom. The van der Waals surface area contributed by atoms with Crippen molar-refractivity contribution in [3.63, 3.8) is 0 Å². The van der Waals surface area contributed by atoms with E-state index in [9.17, 15) is 10.1 Å². The third-order valence-corrected chi connectivity index (χ3v) is 2.86. The van der Waals surface area contributed by atoms with E-state index in [1.54, 1.807) is 12.3 Å². The maximum Gasteiger partial charge on any atom is 0.247 e. The van der Waals surface area contributed by atoms with E-state index in [1.807, 2.05) is 44.2 Å². The first-order valence-corrected chi connectivity index (χ1v) is 6.26. The van der Waals surface area contributed by atoms with Crippen LogP contribution >= 0.6 is 0 Å². The van der Waals surface area contributed by atoms with E-state index in [2.05, 4.69) is 4.98 Å². The fourth-order valence-electron chi connectivity index (χ4n) is 2.03. The number of pyridine rings is 1. The molecule has 0 atom stereocenters. The summed E-state index contributed by atoms with van der Waals surface area (Å²) in [5.74, 6) is 0.254. The topological polar surface area (TPSA) is 56.0 Å². The van der Waals surface area contributed by atoms with Crippen LogP contribution in [-0.4, -0.2) is 9.91 Å². The van der Waals surface area contributed by atoms with E-state index < -0.39 is 0 Å². The fraction of sp³-hybridized carbons (Fsp3) is 0.267. The summed E-state index contributed by atoms with van der Waals surface area (Å²) in [6, 6.07) is 9.47. The number of para-hydroxylation sites is 1. The number of fused-ring (bicyclic) bond motifs is 1. The highest BCUT2D eigenvalue weighted by molar-refractivity contribution is 5.87. The SMILES string of the molecule is CC(C)CC(=Cc1ccnc2ccccc12)[N+](=O)[O-]. The minimum Gasteiger partial charge on any atom is -0.259 e. The van der Waals surface area contributed by atoms with E-state index in [0.29, 0.717) is 6.42 Å². The zero-order valence-corrected chi connectivity index (χ0v) is 11.0. The molecular weight excluding hydrogens is 240 g/mol. The van der Waals surface area contributed by atoms with Gasteiger partial charge in [0.05, 0.1) is 10.4 Å². The molecule has 0 saturated carbocycles. The van der Waals surface area contributed by atoms with Crippen molar-refractivity contribution in [1.82, 2.24) is 4.98 Å². The maximum atomic E-state index is 11.1. The molecule has 0 N–H and O–H groups in total. The molecule has 0 amide bonds. The van der Waals surface area contributed by atoms with Crippen LogP contribution in [0.5, 0.6) is 0 Å². The molecule has 0 radical (unpaired) electrons. The molecule has 0 saturated heterocycles. The van der Waals surface area contributed by atoms with Gasteiger partial charge in [-0.2, -0.15) is 0 Å². The van der Waals surface area contributed by atoms with Crippen LogP contribution in [0.1, 0.15) is 25.8 Å². The maximum absolute atomic E-state index is 11.1. The number of hydrogen-bond acceptors (Lipinski definition) is 3. The molecule has 0 spiro atoms. The van der Waals surface area contributed by atoms with Crippen LogP contribution in [0.25, 0.3) is 17.0 Å². The van der Waals surface area contributed by atoms with Crippen molar-refractivity contribution in [2.75, 3.05) is 0 Å². The van der Waals surface area contributed by atoms with Crippen LogP contribution in [0, 0.1) is 16.0 Å². The van der Waals surface area contributed by atoms with Gasteiger partial charge in [-0.25, -0.2) is 0 Å². The summed E-state index contributed by atoms with van der Waals surface area (Å²) >= 11 is 0. The number of nitro groups is 1. The van der Waals surface area contributed by atoms with Crippen molar-refractivity contribution in [2.45, 2.75) is 20.3 Å². The van der Waals surface area contributed by atoms with Gasteiger partial charge in [0.25, 0.3) is 0 Å². The van der Waals surface area contributed by atoms with Crippen LogP contribution in [0.4, 0.5) is 0 Å². The molecule has 1 aromatic heterocycles. The van der Waals surface area contributed by atoms with Crippen LogP contribution in [0.15, 0.2) is 42.2 Å². The van der Waals surface area contributed by atoms with E-state index in [0.717, 1.165) is 16.5 Å². The molecule has 19 heavy (non-hydrogen) atoms. The second kappa shape index (κ2) is 5.61. The van der Waals surface area contributed by atoms with E-state index in [-0.39, 0.29) is 16.5 Å². The van der Waals surface area contributed by atoms with Gasteiger partial charge in [-0.3, -0.25) is 15.1 Å². The molecule has 4 nitrogen and oxygen atoms in total. The first-order chi connectivity index (χ1) is 9.08. The number of aromatic nitrogens is 1. The molecule has 4 heteroatoms. The molecule has 0 fully saturated rings. The predicted octanol–water partition coefficient (Wildman–Crippen LogP) is 3.90. The van der Waals surface area contributed by atoms with Crippen LogP contribution < -0.4 is 0 Å². The average molecular weight is 256 g/mol. The molecule has 0 aliphatic rings. The van der Waals surface area contributed by atoms with Gasteiger partial charge >= 0.3 is 0 Å². The van der Waals surface area contributed by atoms with Gasteiger partial charge in [0.1, 0.15) is 0 Å². The number of rotatable bonds is 4. The van der Waals surface area contributed by atoms with E-state index in [1.165, 1.54) is 0 Å². The first-order valence-electron chi connectivity index (χ1n) is 6.26. The number of hydrogen-bond donors (Lipinski definition) is 0. The highest BCUT2D eigenvalue weighted by Crippen LogP contribution is 2.21. The summed E-state index contributed by atoms with van der Waals surface area (Å²) in [6.07, 6.45) is 3.80. The Labute approximate surface area is 111 Å². The number of nitrogens with zero attached hydrogens (tertiary/aromatic N) is 2. The minimum absolute atomic E-state index is 0.242. The summed E-state index contributed by atoms with van der Waals surface area (Å²) in [7, 11) is 0. The lowest BCUT2D eigenvalue weighted by atomic mass is 10.0. The van der Waals surface area contributed by atoms with Crippen molar-refractivity contribution < 1.29 is 4.92 Å². The van der Waals surface area contributed by atoms with E-state index >= 15 is 0 Å². The minimum atomic E-state index is -0.296. The van der Waals surface area contributed by atoms with Crippen molar-refractivity contribution in [1.29, 1.82) is 0 Å². The summed E-state index contributed by atoms with van der Waals surface area (Å²) in [5.41, 5.74) is 1.94. The lowest BCUT2D eigenvalue weighted by Gasteiger charge is -2.04. The molecule has 0 unspecified atom stereocenters. The van der Waals surface area contributed by atoms with E-state index in [4.69, 9.17) is 0 Å². The standard InChI is InChI=1S/C15H16N2O2/c1-11(2)9-13(17(18)19)10-12-7-8-16-15-6-4-3-5-14(12)15/h3-8,10-11H,9H2,1-2H3. The highest BCUT2D eigenvalue weighted by Gasteiger charge is 2.13. The molecular formula is C15H16N2O2. The Morgan fingerprint density at radius 1 is 1.37 bits per heavy atom. The van der Waals surface area contributed by atoms with Crippen LogP contribution in [0.3, 0.4) is 0 Å². The molecule has 0 aliphatic heterocycles. The summed E-state index contributed by atoms with van der Waals surface area (Å²) < 4.78 is 0. The smallest absolute Gasteiger partial charge is 0.247 e. The van der Waals surface area contributed by atoms with Gasteiger partial charge in [-0.05, 0) is 23.6 Å². The normalized spacial score (nSPS) is 12.1. The zero-order valence-electron chi connectivity index (χ0n) is 11.0. The zero-order chi connectivity index (χ0) is 13.8. The summed E-state index contributed by atoms with van der Waals surface area (Å²) in [4.78, 5) is 15.1. The van der Waals surface area contributed by atoms with Crippen LogP contribution in [-0.2, 0) is 0 Å². The quantitative estimate of drug-likeness (QED) is 0.615. The molecule has 0 aliphatic carbocycles. The van der Waals surface area contributed by atoms with Crippen molar-refractivity contribution in [3.05, 3.63) is 57.9 Å². The number of benzene rings is 1. The average Bonchev–Trinajstić information content (AvgIpc) is 2.37. The predicted molar refractivity (Wildman–Crippen MR) is 76.2 cm³/mol. The molecule has 1 heterocycles. The molecule has 2 aromatic rings. The Morgan fingerprint density at radius 2 is 2.11 bits per heavy atom. The Hall–Kier alpha value is -2.23. The van der Waals surface area contributed by atoms with Crippen LogP contribution in [0.2, 0.25) is 0 Å². The lowest BCUT2D eigenvalue weighted by Crippen LogP contribution is -2.02. The summed E-state index contributed by atoms with van der Waals surface area (Å²) in [6.45, 7) is 3.95. The third kappa shape index (κ3) is 3.16. The third-order valence-electron chi connectivity index (χ3n) is 2.86. The highest BCUT2D eigenvalue weighted by atomic mass is 16.6. The Balaban J connectivity index is 2.51. The Kier molecular flexibility index (Phi) is 3.90.